The van der Waals surface area contributed by atoms with Crippen molar-refractivity contribution in [1.29, 1.82) is 0 Å². The van der Waals surface area contributed by atoms with E-state index in [0.29, 0.717) is 12.1 Å². The average molecular weight is 425 g/mol. The number of hydrogen-bond acceptors (Lipinski definition) is 2. The number of pyridine rings is 1. The molecule has 4 aromatic rings. The second-order valence-electron chi connectivity index (χ2n) is 9.26. The number of aromatic nitrogens is 1. The predicted molar refractivity (Wildman–Crippen MR) is 131 cm³/mol. The largest absolute Gasteiger partial charge is 0.322 e. The van der Waals surface area contributed by atoms with Crippen LogP contribution in [0.4, 0.5) is 5.69 Å². The van der Waals surface area contributed by atoms with Gasteiger partial charge in [0.25, 0.3) is 5.91 Å². The second-order valence-corrected chi connectivity index (χ2v) is 9.26. The minimum absolute atomic E-state index is 0.0157. The normalized spacial score (nSPS) is 11.5. The monoisotopic (exact) mass is 424 g/mol. The van der Waals surface area contributed by atoms with Gasteiger partial charge in [0.05, 0.1) is 6.54 Å². The van der Waals surface area contributed by atoms with Crippen molar-refractivity contribution in [2.45, 2.75) is 39.7 Å². The number of hydrogen-bond donors (Lipinski definition) is 1. The molecule has 0 bridgehead atoms. The minimum Gasteiger partial charge on any atom is -0.322 e. The number of aromatic amines is 1. The molecule has 4 heteroatoms. The first-order valence-electron chi connectivity index (χ1n) is 10.8. The lowest BCUT2D eigenvalue weighted by atomic mass is 9.86. The molecule has 0 saturated heterocycles. The molecule has 0 aliphatic heterocycles. The molecule has 162 valence electrons. The molecular weight excluding hydrogens is 396 g/mol. The highest BCUT2D eigenvalue weighted by Crippen LogP contribution is 2.26. The standard InChI is InChI=1S/C28H28N2O2/c1-19-8-7-9-23(16-19)30(27(32)20-12-14-22(15-13-20)28(2,3)4)18-21-17-26(31)29-25-11-6-5-10-24(21)25/h5-17H,18H2,1-4H3,(H,29,31). The quantitative estimate of drug-likeness (QED) is 0.438. The van der Waals surface area contributed by atoms with E-state index in [0.717, 1.165) is 27.7 Å². The van der Waals surface area contributed by atoms with Crippen molar-refractivity contribution in [3.05, 3.63) is 111 Å². The Morgan fingerprint density at radius 1 is 0.906 bits per heavy atom. The first-order chi connectivity index (χ1) is 15.2. The molecule has 0 aliphatic rings. The molecule has 0 radical (unpaired) electrons. The molecular formula is C28H28N2O2. The van der Waals surface area contributed by atoms with Gasteiger partial charge in [-0.15, -0.1) is 0 Å². The van der Waals surface area contributed by atoms with Gasteiger partial charge in [-0.1, -0.05) is 63.2 Å². The number of rotatable bonds is 4. The summed E-state index contributed by atoms with van der Waals surface area (Å²) in [4.78, 5) is 30.6. The Morgan fingerprint density at radius 3 is 2.31 bits per heavy atom. The molecule has 0 fully saturated rings. The molecule has 1 aromatic heterocycles. The molecule has 32 heavy (non-hydrogen) atoms. The Balaban J connectivity index is 1.78. The van der Waals surface area contributed by atoms with Crippen LogP contribution in [0.25, 0.3) is 10.9 Å². The van der Waals surface area contributed by atoms with Crippen molar-refractivity contribution in [1.82, 2.24) is 4.98 Å². The van der Waals surface area contributed by atoms with Gasteiger partial charge in [0, 0.05) is 28.2 Å². The summed E-state index contributed by atoms with van der Waals surface area (Å²) < 4.78 is 0. The van der Waals surface area contributed by atoms with E-state index >= 15 is 0 Å². The summed E-state index contributed by atoms with van der Waals surface area (Å²) in [6, 6.07) is 25.0. The molecule has 0 atom stereocenters. The molecule has 0 saturated carbocycles. The number of para-hydroxylation sites is 1. The van der Waals surface area contributed by atoms with Gasteiger partial charge in [-0.25, -0.2) is 0 Å². The molecule has 1 heterocycles. The van der Waals surface area contributed by atoms with Crippen molar-refractivity contribution < 1.29 is 4.79 Å². The maximum absolute atomic E-state index is 13.7. The number of fused-ring (bicyclic) bond motifs is 1. The maximum Gasteiger partial charge on any atom is 0.258 e. The fourth-order valence-electron chi connectivity index (χ4n) is 3.92. The van der Waals surface area contributed by atoms with Gasteiger partial charge < -0.3 is 9.88 Å². The van der Waals surface area contributed by atoms with Gasteiger partial charge in [0.15, 0.2) is 0 Å². The minimum atomic E-state index is -0.176. The molecule has 1 N–H and O–H groups in total. The van der Waals surface area contributed by atoms with Crippen LogP contribution in [0.1, 0.15) is 47.8 Å². The van der Waals surface area contributed by atoms with E-state index in [1.165, 1.54) is 5.56 Å². The summed E-state index contributed by atoms with van der Waals surface area (Å²) in [5.41, 5.74) is 5.09. The fraction of sp³-hybridized carbons (Fsp3) is 0.214. The number of aryl methyl sites for hydroxylation is 1. The number of nitrogens with zero attached hydrogens (tertiary/aromatic N) is 1. The van der Waals surface area contributed by atoms with Gasteiger partial charge in [-0.2, -0.15) is 0 Å². The molecule has 0 spiro atoms. The van der Waals surface area contributed by atoms with Gasteiger partial charge >= 0.3 is 0 Å². The first kappa shape index (κ1) is 21.6. The lowest BCUT2D eigenvalue weighted by Gasteiger charge is -2.25. The Hall–Kier alpha value is -3.66. The summed E-state index contributed by atoms with van der Waals surface area (Å²) in [6.45, 7) is 8.77. The molecule has 0 unspecified atom stereocenters. The zero-order valence-electron chi connectivity index (χ0n) is 19.0. The third kappa shape index (κ3) is 4.50. The van der Waals surface area contributed by atoms with Crippen molar-refractivity contribution >= 4 is 22.5 Å². The predicted octanol–water partition coefficient (Wildman–Crippen LogP) is 5.98. The van der Waals surface area contributed by atoms with Crippen molar-refractivity contribution in [2.24, 2.45) is 0 Å². The van der Waals surface area contributed by atoms with E-state index in [1.54, 1.807) is 11.0 Å². The van der Waals surface area contributed by atoms with Crippen LogP contribution in [-0.2, 0) is 12.0 Å². The first-order valence-corrected chi connectivity index (χ1v) is 10.8. The fourth-order valence-corrected chi connectivity index (χ4v) is 3.92. The summed E-state index contributed by atoms with van der Waals surface area (Å²) in [5.74, 6) is -0.0968. The molecule has 4 nitrogen and oxygen atoms in total. The second kappa shape index (κ2) is 8.46. The van der Waals surface area contributed by atoms with Crippen LogP contribution in [0.2, 0.25) is 0 Å². The third-order valence-corrected chi connectivity index (χ3v) is 5.72. The van der Waals surface area contributed by atoms with E-state index in [2.05, 4.69) is 25.8 Å². The Kier molecular flexibility index (Phi) is 5.70. The van der Waals surface area contributed by atoms with Crippen molar-refractivity contribution in [3.63, 3.8) is 0 Å². The van der Waals surface area contributed by atoms with Crippen LogP contribution in [0.5, 0.6) is 0 Å². The topological polar surface area (TPSA) is 53.2 Å². The number of H-pyrrole nitrogens is 1. The van der Waals surface area contributed by atoms with Crippen LogP contribution in [0.15, 0.2) is 83.7 Å². The van der Waals surface area contributed by atoms with E-state index in [4.69, 9.17) is 0 Å². The molecule has 1 amide bonds. The van der Waals surface area contributed by atoms with Crippen LogP contribution in [-0.4, -0.2) is 10.9 Å². The lowest BCUT2D eigenvalue weighted by Crippen LogP contribution is -2.31. The molecule has 0 aliphatic carbocycles. The number of amides is 1. The van der Waals surface area contributed by atoms with E-state index in [9.17, 15) is 9.59 Å². The lowest BCUT2D eigenvalue weighted by molar-refractivity contribution is 0.0985. The molecule has 3 aromatic carbocycles. The smallest absolute Gasteiger partial charge is 0.258 e. The summed E-state index contributed by atoms with van der Waals surface area (Å²) in [7, 11) is 0. The Morgan fingerprint density at radius 2 is 1.62 bits per heavy atom. The van der Waals surface area contributed by atoms with Crippen molar-refractivity contribution in [2.75, 3.05) is 4.90 Å². The SMILES string of the molecule is Cc1cccc(N(Cc2cc(=O)[nH]c3ccccc23)C(=O)c2ccc(C(C)(C)C)cc2)c1. The summed E-state index contributed by atoms with van der Waals surface area (Å²) >= 11 is 0. The summed E-state index contributed by atoms with van der Waals surface area (Å²) in [5, 5.41) is 0.931. The van der Waals surface area contributed by atoms with Gasteiger partial charge in [-0.05, 0) is 59.4 Å². The Labute approximate surface area is 188 Å². The van der Waals surface area contributed by atoms with E-state index in [1.807, 2.05) is 79.7 Å². The van der Waals surface area contributed by atoms with Crippen molar-refractivity contribution in [3.8, 4) is 0 Å². The average Bonchev–Trinajstić information content (AvgIpc) is 2.76. The number of carbonyl (C=O) groups is 1. The van der Waals surface area contributed by atoms with Crippen LogP contribution in [0, 0.1) is 6.92 Å². The van der Waals surface area contributed by atoms with Gasteiger partial charge in [0.1, 0.15) is 0 Å². The van der Waals surface area contributed by atoms with E-state index < -0.39 is 0 Å². The van der Waals surface area contributed by atoms with Crippen LogP contribution in [0.3, 0.4) is 0 Å². The Bertz CT molecular complexity index is 1330. The van der Waals surface area contributed by atoms with Crippen LogP contribution < -0.4 is 10.5 Å². The highest BCUT2D eigenvalue weighted by Gasteiger charge is 2.21. The van der Waals surface area contributed by atoms with Crippen LogP contribution >= 0.6 is 0 Å². The van der Waals surface area contributed by atoms with Gasteiger partial charge in [-0.3, -0.25) is 9.59 Å². The van der Waals surface area contributed by atoms with E-state index in [-0.39, 0.29) is 16.9 Å². The summed E-state index contributed by atoms with van der Waals surface area (Å²) in [6.07, 6.45) is 0. The number of carbonyl (C=O) groups excluding carboxylic acids is 1. The van der Waals surface area contributed by atoms with Gasteiger partial charge in [0.2, 0.25) is 5.56 Å². The highest BCUT2D eigenvalue weighted by molar-refractivity contribution is 6.06. The number of nitrogens with one attached hydrogen (secondary N) is 1. The zero-order valence-corrected chi connectivity index (χ0v) is 19.0. The number of benzene rings is 3. The zero-order chi connectivity index (χ0) is 22.9. The maximum atomic E-state index is 13.7. The number of anilines is 1. The highest BCUT2D eigenvalue weighted by atomic mass is 16.2. The molecule has 4 rings (SSSR count). The third-order valence-electron chi connectivity index (χ3n) is 5.72.